The Morgan fingerprint density at radius 3 is 2.67 bits per heavy atom. The van der Waals surface area contributed by atoms with Gasteiger partial charge < -0.3 is 15.7 Å². The van der Waals surface area contributed by atoms with Crippen LogP contribution in [0.15, 0.2) is 30.3 Å². The van der Waals surface area contributed by atoms with Crippen molar-refractivity contribution in [1.29, 1.82) is 0 Å². The minimum absolute atomic E-state index is 0.225. The first-order valence-corrected chi connectivity index (χ1v) is 6.99. The van der Waals surface area contributed by atoms with E-state index >= 15 is 0 Å². The quantitative estimate of drug-likeness (QED) is 0.902. The lowest BCUT2D eigenvalue weighted by molar-refractivity contribution is 0.0312. The summed E-state index contributed by atoms with van der Waals surface area (Å²) in [5.74, 6) is 0.118. The van der Waals surface area contributed by atoms with Gasteiger partial charge in [0.05, 0.1) is 5.60 Å². The molecule has 21 heavy (non-hydrogen) atoms. The van der Waals surface area contributed by atoms with Gasteiger partial charge in [0.2, 0.25) is 0 Å². The van der Waals surface area contributed by atoms with E-state index in [2.05, 4.69) is 4.98 Å². The van der Waals surface area contributed by atoms with E-state index in [1.165, 1.54) is 0 Å². The molecule has 1 aromatic carbocycles. The Morgan fingerprint density at radius 1 is 1.38 bits per heavy atom. The van der Waals surface area contributed by atoms with Crippen LogP contribution in [0.2, 0.25) is 0 Å². The molecule has 0 bridgehead atoms. The number of anilines is 1. The number of carbonyl (C=O) groups excluding carboxylic acids is 1. The van der Waals surface area contributed by atoms with Gasteiger partial charge in [0, 0.05) is 18.5 Å². The lowest BCUT2D eigenvalue weighted by atomic mass is 10.1. The number of fused-ring (bicyclic) bond motifs is 1. The molecule has 0 aliphatic heterocycles. The summed E-state index contributed by atoms with van der Waals surface area (Å²) in [4.78, 5) is 18.3. The molecule has 0 spiro atoms. The lowest BCUT2D eigenvalue weighted by Crippen LogP contribution is -2.42. The number of carbonyl (C=O) groups is 1. The molecule has 1 aromatic heterocycles. The molecule has 0 radical (unpaired) electrons. The van der Waals surface area contributed by atoms with Gasteiger partial charge in [0.25, 0.3) is 5.91 Å². The van der Waals surface area contributed by atoms with Gasteiger partial charge in [-0.05, 0) is 32.2 Å². The number of benzene rings is 1. The number of likely N-dealkylation sites (N-methyl/N-ethyl adjacent to an activating group) is 1. The summed E-state index contributed by atoms with van der Waals surface area (Å²) in [5, 5.41) is 11.6. The van der Waals surface area contributed by atoms with E-state index in [9.17, 15) is 9.90 Å². The molecule has 0 saturated heterocycles. The van der Waals surface area contributed by atoms with Crippen LogP contribution in [0.1, 0.15) is 31.3 Å². The van der Waals surface area contributed by atoms with E-state index in [-0.39, 0.29) is 12.5 Å². The molecule has 1 amide bonds. The Hall–Kier alpha value is -2.14. The van der Waals surface area contributed by atoms with Gasteiger partial charge >= 0.3 is 0 Å². The molecule has 5 nitrogen and oxygen atoms in total. The van der Waals surface area contributed by atoms with Crippen molar-refractivity contribution in [3.63, 3.8) is 0 Å². The Balaban J connectivity index is 2.38. The molecule has 0 unspecified atom stereocenters. The predicted octanol–water partition coefficient (Wildman–Crippen LogP) is 2.05. The van der Waals surface area contributed by atoms with Crippen molar-refractivity contribution in [2.24, 2.45) is 0 Å². The molecular formula is C16H21N3O2. The fourth-order valence-electron chi connectivity index (χ4n) is 2.29. The van der Waals surface area contributed by atoms with Crippen LogP contribution < -0.4 is 5.73 Å². The zero-order chi connectivity index (χ0) is 15.6. The van der Waals surface area contributed by atoms with Crippen LogP contribution in [0.25, 0.3) is 10.8 Å². The highest BCUT2D eigenvalue weighted by Crippen LogP contribution is 2.21. The molecule has 1 heterocycles. The second-order valence-electron chi connectivity index (χ2n) is 5.75. The number of hydrogen-bond acceptors (Lipinski definition) is 4. The van der Waals surface area contributed by atoms with Crippen molar-refractivity contribution in [2.75, 3.05) is 18.8 Å². The zero-order valence-corrected chi connectivity index (χ0v) is 12.6. The molecule has 5 heteroatoms. The SMILES string of the molecule is CCN(CC(C)(C)O)C(=O)c1cc2ccccc2c(N)n1. The average Bonchev–Trinajstić information content (AvgIpc) is 2.43. The Morgan fingerprint density at radius 2 is 2.05 bits per heavy atom. The number of nitrogens with zero attached hydrogens (tertiary/aromatic N) is 2. The minimum atomic E-state index is -0.950. The summed E-state index contributed by atoms with van der Waals surface area (Å²) in [5.41, 5.74) is 5.29. The molecule has 0 saturated carbocycles. The van der Waals surface area contributed by atoms with E-state index in [1.54, 1.807) is 24.8 Å². The van der Waals surface area contributed by atoms with E-state index in [0.717, 1.165) is 10.8 Å². The summed E-state index contributed by atoms with van der Waals surface area (Å²) in [6.07, 6.45) is 0. The highest BCUT2D eigenvalue weighted by Gasteiger charge is 2.23. The number of amides is 1. The van der Waals surface area contributed by atoms with Gasteiger partial charge in [-0.3, -0.25) is 4.79 Å². The van der Waals surface area contributed by atoms with Gasteiger partial charge in [-0.15, -0.1) is 0 Å². The van der Waals surface area contributed by atoms with Gasteiger partial charge in [-0.2, -0.15) is 0 Å². The number of nitrogens with two attached hydrogens (primary N) is 1. The van der Waals surface area contributed by atoms with Crippen LogP contribution in [-0.4, -0.2) is 39.6 Å². The molecule has 0 fully saturated rings. The summed E-state index contributed by atoms with van der Waals surface area (Å²) >= 11 is 0. The van der Waals surface area contributed by atoms with Crippen molar-refractivity contribution in [3.8, 4) is 0 Å². The van der Waals surface area contributed by atoms with Gasteiger partial charge in [0.15, 0.2) is 0 Å². The highest BCUT2D eigenvalue weighted by atomic mass is 16.3. The van der Waals surface area contributed by atoms with Crippen LogP contribution in [-0.2, 0) is 0 Å². The van der Waals surface area contributed by atoms with E-state index < -0.39 is 5.60 Å². The van der Waals surface area contributed by atoms with E-state index in [4.69, 9.17) is 5.73 Å². The van der Waals surface area contributed by atoms with Crippen LogP contribution >= 0.6 is 0 Å². The number of aliphatic hydroxyl groups is 1. The van der Waals surface area contributed by atoms with Crippen LogP contribution in [0.3, 0.4) is 0 Å². The number of rotatable bonds is 4. The van der Waals surface area contributed by atoms with Crippen molar-refractivity contribution in [2.45, 2.75) is 26.4 Å². The number of aromatic nitrogens is 1. The Kier molecular flexibility index (Phi) is 4.14. The van der Waals surface area contributed by atoms with Crippen molar-refractivity contribution >= 4 is 22.5 Å². The van der Waals surface area contributed by atoms with Gasteiger partial charge in [0.1, 0.15) is 11.5 Å². The first-order chi connectivity index (χ1) is 9.81. The molecular weight excluding hydrogens is 266 g/mol. The highest BCUT2D eigenvalue weighted by molar-refractivity contribution is 5.99. The number of pyridine rings is 1. The normalized spacial score (nSPS) is 11.6. The van der Waals surface area contributed by atoms with E-state index in [1.807, 2.05) is 31.2 Å². The molecule has 2 rings (SSSR count). The summed E-state index contributed by atoms with van der Waals surface area (Å²) < 4.78 is 0. The molecule has 3 N–H and O–H groups in total. The van der Waals surface area contributed by atoms with Gasteiger partial charge in [-0.1, -0.05) is 24.3 Å². The molecule has 0 atom stereocenters. The van der Waals surface area contributed by atoms with Crippen LogP contribution in [0, 0.1) is 0 Å². The second-order valence-corrected chi connectivity index (χ2v) is 5.75. The topological polar surface area (TPSA) is 79.5 Å². The summed E-state index contributed by atoms with van der Waals surface area (Å²) in [6.45, 7) is 5.96. The van der Waals surface area contributed by atoms with Crippen molar-refractivity contribution in [3.05, 3.63) is 36.0 Å². The first kappa shape index (κ1) is 15.3. The zero-order valence-electron chi connectivity index (χ0n) is 12.6. The smallest absolute Gasteiger partial charge is 0.272 e. The third-order valence-corrected chi connectivity index (χ3v) is 3.24. The maximum atomic E-state index is 12.5. The monoisotopic (exact) mass is 287 g/mol. The maximum Gasteiger partial charge on any atom is 0.272 e. The third-order valence-electron chi connectivity index (χ3n) is 3.24. The largest absolute Gasteiger partial charge is 0.389 e. The number of nitrogen functional groups attached to an aromatic ring is 1. The average molecular weight is 287 g/mol. The molecule has 112 valence electrons. The van der Waals surface area contributed by atoms with Gasteiger partial charge in [-0.25, -0.2) is 4.98 Å². The second kappa shape index (κ2) is 5.69. The Labute approximate surface area is 124 Å². The molecule has 0 aliphatic rings. The Bertz CT molecular complexity index is 662. The van der Waals surface area contributed by atoms with Crippen LogP contribution in [0.5, 0.6) is 0 Å². The predicted molar refractivity (Wildman–Crippen MR) is 84.0 cm³/mol. The molecule has 0 aliphatic carbocycles. The van der Waals surface area contributed by atoms with Crippen molar-refractivity contribution in [1.82, 2.24) is 9.88 Å². The maximum absolute atomic E-state index is 12.5. The van der Waals surface area contributed by atoms with Crippen molar-refractivity contribution < 1.29 is 9.90 Å². The fourth-order valence-corrected chi connectivity index (χ4v) is 2.29. The minimum Gasteiger partial charge on any atom is -0.389 e. The number of hydrogen-bond donors (Lipinski definition) is 2. The van der Waals surface area contributed by atoms with Crippen LogP contribution in [0.4, 0.5) is 5.82 Å². The molecule has 2 aromatic rings. The summed E-state index contributed by atoms with van der Waals surface area (Å²) in [7, 11) is 0. The lowest BCUT2D eigenvalue weighted by Gasteiger charge is -2.28. The third kappa shape index (κ3) is 3.49. The summed E-state index contributed by atoms with van der Waals surface area (Å²) in [6, 6.07) is 9.29. The fraction of sp³-hybridized carbons (Fsp3) is 0.375. The first-order valence-electron chi connectivity index (χ1n) is 6.99. The van der Waals surface area contributed by atoms with E-state index in [0.29, 0.717) is 18.1 Å². The standard InChI is InChI=1S/C16H21N3O2/c1-4-19(10-16(2,3)21)15(20)13-9-11-7-5-6-8-12(11)14(17)18-13/h5-9,21H,4,10H2,1-3H3,(H2,17,18).